The molecule has 1 aliphatic carbocycles. The fourth-order valence-electron chi connectivity index (χ4n) is 1.65. The van der Waals surface area contributed by atoms with E-state index in [0.717, 1.165) is 12.8 Å². The predicted molar refractivity (Wildman–Crippen MR) is 81.5 cm³/mol. The lowest BCUT2D eigenvalue weighted by atomic mass is 10.3. The second kappa shape index (κ2) is 7.64. The molecule has 0 radical (unpaired) electrons. The molecule has 0 heterocycles. The number of alkyl halides is 2. The zero-order valence-electron chi connectivity index (χ0n) is 11.4. The number of halogens is 3. The normalized spacial score (nSPS) is 13.8. The summed E-state index contributed by atoms with van der Waals surface area (Å²) >= 11 is 6.11. The number of nitrogens with one attached hydrogen (secondary N) is 3. The van der Waals surface area contributed by atoms with E-state index in [1.165, 1.54) is 18.2 Å². The van der Waals surface area contributed by atoms with E-state index < -0.39 is 11.8 Å². The van der Waals surface area contributed by atoms with E-state index in [1.54, 1.807) is 0 Å². The smallest absolute Gasteiger partial charge is 0.319 e. The van der Waals surface area contributed by atoms with Crippen molar-refractivity contribution in [3.8, 4) is 0 Å². The van der Waals surface area contributed by atoms with Gasteiger partial charge in [0.2, 0.25) is 5.91 Å². The monoisotopic (exact) mass is 349 g/mol. The quantitative estimate of drug-likeness (QED) is 0.691. The lowest BCUT2D eigenvalue weighted by molar-refractivity contribution is -0.120. The number of anilines is 1. The van der Waals surface area contributed by atoms with Gasteiger partial charge in [-0.2, -0.15) is 8.78 Å². The number of thioether (sulfide) groups is 1. The first-order valence-corrected chi connectivity index (χ1v) is 7.79. The maximum Gasteiger partial charge on any atom is 0.319 e. The first-order chi connectivity index (χ1) is 10.5. The topological polar surface area (TPSA) is 70.2 Å². The molecule has 0 unspecified atom stereocenters. The number of amides is 3. The van der Waals surface area contributed by atoms with E-state index in [4.69, 9.17) is 11.6 Å². The van der Waals surface area contributed by atoms with Crippen LogP contribution in [0, 0.1) is 0 Å². The highest BCUT2D eigenvalue weighted by molar-refractivity contribution is 7.99. The van der Waals surface area contributed by atoms with Crippen molar-refractivity contribution in [2.45, 2.75) is 29.5 Å². The highest BCUT2D eigenvalue weighted by Crippen LogP contribution is 2.37. The van der Waals surface area contributed by atoms with Crippen molar-refractivity contribution in [3.05, 3.63) is 23.2 Å². The minimum absolute atomic E-state index is 0.0803. The van der Waals surface area contributed by atoms with E-state index in [2.05, 4.69) is 16.0 Å². The summed E-state index contributed by atoms with van der Waals surface area (Å²) in [5.74, 6) is -2.95. The van der Waals surface area contributed by atoms with E-state index >= 15 is 0 Å². The van der Waals surface area contributed by atoms with Crippen LogP contribution in [0.2, 0.25) is 5.02 Å². The van der Waals surface area contributed by atoms with Gasteiger partial charge in [-0.05, 0) is 25.0 Å². The van der Waals surface area contributed by atoms with Gasteiger partial charge < -0.3 is 16.0 Å². The van der Waals surface area contributed by atoms with Crippen molar-refractivity contribution >= 4 is 41.0 Å². The molecule has 0 aromatic heterocycles. The molecule has 3 amide bonds. The Morgan fingerprint density at radius 3 is 2.73 bits per heavy atom. The average molecular weight is 350 g/mol. The van der Waals surface area contributed by atoms with Gasteiger partial charge in [0.15, 0.2) is 0 Å². The first-order valence-electron chi connectivity index (χ1n) is 6.53. The molecule has 1 aliphatic rings. The summed E-state index contributed by atoms with van der Waals surface area (Å²) in [6.45, 7) is -0.180. The molecule has 1 aromatic rings. The molecule has 0 aliphatic heterocycles. The Labute approximate surface area is 135 Å². The van der Waals surface area contributed by atoms with Crippen molar-refractivity contribution in [1.82, 2.24) is 10.6 Å². The Morgan fingerprint density at radius 1 is 1.36 bits per heavy atom. The third-order valence-corrected chi connectivity index (χ3v) is 4.05. The van der Waals surface area contributed by atoms with Gasteiger partial charge in [0, 0.05) is 6.04 Å². The highest BCUT2D eigenvalue weighted by atomic mass is 35.5. The Bertz CT molecular complexity index is 570. The summed E-state index contributed by atoms with van der Waals surface area (Å²) in [7, 11) is 0. The maximum absolute atomic E-state index is 12.5. The van der Waals surface area contributed by atoms with Crippen molar-refractivity contribution < 1.29 is 18.4 Å². The van der Waals surface area contributed by atoms with E-state index in [0.29, 0.717) is 0 Å². The Morgan fingerprint density at radius 2 is 2.09 bits per heavy atom. The largest absolute Gasteiger partial charge is 0.352 e. The summed E-state index contributed by atoms with van der Waals surface area (Å²) < 4.78 is 25.0. The highest BCUT2D eigenvalue weighted by Gasteiger charge is 2.23. The zero-order chi connectivity index (χ0) is 16.1. The molecule has 1 saturated carbocycles. The lowest BCUT2D eigenvalue weighted by Crippen LogP contribution is -2.39. The van der Waals surface area contributed by atoms with Gasteiger partial charge in [-0.3, -0.25) is 4.79 Å². The van der Waals surface area contributed by atoms with E-state index in [-0.39, 0.29) is 45.9 Å². The van der Waals surface area contributed by atoms with Crippen molar-refractivity contribution in [3.63, 3.8) is 0 Å². The third-order valence-electron chi connectivity index (χ3n) is 2.77. The fraction of sp³-hybridized carbons (Fsp3) is 0.385. The molecule has 2 rings (SSSR count). The molecule has 120 valence electrons. The summed E-state index contributed by atoms with van der Waals surface area (Å²) in [5.41, 5.74) is 0.165. The van der Waals surface area contributed by atoms with Crippen LogP contribution in [0.4, 0.5) is 19.3 Å². The van der Waals surface area contributed by atoms with E-state index in [1.807, 2.05) is 0 Å². The number of rotatable bonds is 6. The fourth-order valence-corrected chi connectivity index (χ4v) is 2.56. The van der Waals surface area contributed by atoms with Gasteiger partial charge in [-0.15, -0.1) is 0 Å². The van der Waals surface area contributed by atoms with Crippen molar-refractivity contribution in [1.29, 1.82) is 0 Å². The molecule has 0 saturated heterocycles. The molecular formula is C13H14ClF2N3O2S. The van der Waals surface area contributed by atoms with Crippen LogP contribution >= 0.6 is 23.4 Å². The molecule has 0 spiro atoms. The number of urea groups is 1. The van der Waals surface area contributed by atoms with Gasteiger partial charge in [0.1, 0.15) is 0 Å². The molecule has 9 heteroatoms. The third kappa shape index (κ3) is 5.34. The molecule has 0 atom stereocenters. The lowest BCUT2D eigenvalue weighted by Gasteiger charge is -2.12. The van der Waals surface area contributed by atoms with Gasteiger partial charge in [-0.1, -0.05) is 29.4 Å². The molecule has 22 heavy (non-hydrogen) atoms. The summed E-state index contributed by atoms with van der Waals surface area (Å²) in [5, 5.41) is 7.61. The number of carbonyl (C=O) groups is 2. The second-order valence-corrected chi connectivity index (χ2v) is 6.05. The van der Waals surface area contributed by atoms with Crippen LogP contribution < -0.4 is 16.0 Å². The minimum Gasteiger partial charge on any atom is -0.352 e. The molecule has 5 nitrogen and oxygen atoms in total. The van der Waals surface area contributed by atoms with Crippen LogP contribution in [0.3, 0.4) is 0 Å². The number of hydrogen-bond acceptors (Lipinski definition) is 3. The van der Waals surface area contributed by atoms with Crippen LogP contribution in [-0.4, -0.2) is 30.3 Å². The maximum atomic E-state index is 12.5. The van der Waals surface area contributed by atoms with Crippen LogP contribution in [0.1, 0.15) is 12.8 Å². The zero-order valence-corrected chi connectivity index (χ0v) is 12.9. The van der Waals surface area contributed by atoms with Gasteiger partial charge in [0.25, 0.3) is 5.76 Å². The number of carbonyl (C=O) groups excluding carboxylic acids is 2. The predicted octanol–water partition coefficient (Wildman–Crippen LogP) is 3.05. The van der Waals surface area contributed by atoms with Crippen LogP contribution in [0.5, 0.6) is 0 Å². The average Bonchev–Trinajstić information content (AvgIpc) is 3.24. The number of benzene rings is 1. The second-order valence-electron chi connectivity index (χ2n) is 4.64. The molecule has 3 N–H and O–H groups in total. The van der Waals surface area contributed by atoms with Crippen LogP contribution in [-0.2, 0) is 4.79 Å². The molecule has 1 fully saturated rings. The summed E-state index contributed by atoms with van der Waals surface area (Å²) in [6.07, 6.45) is 1.91. The Kier molecular flexibility index (Phi) is 5.84. The SMILES string of the molecule is O=C(CNC(=O)Nc1cccc(Cl)c1SC(F)F)NC1CC1. The number of hydrogen-bond donors (Lipinski definition) is 3. The molecule has 0 bridgehead atoms. The van der Waals surface area contributed by atoms with Gasteiger partial charge in [-0.25, -0.2) is 4.79 Å². The van der Waals surface area contributed by atoms with Crippen LogP contribution in [0.15, 0.2) is 23.1 Å². The Balaban J connectivity index is 1.90. The van der Waals surface area contributed by atoms with E-state index in [9.17, 15) is 18.4 Å². The first kappa shape index (κ1) is 16.8. The Hall–Kier alpha value is -1.54. The standard InChI is InChI=1S/C13H14ClF2N3O2S/c14-8-2-1-3-9(11(8)22-12(15)16)19-13(21)17-6-10(20)18-7-4-5-7/h1-3,7,12H,4-6H2,(H,18,20)(H2,17,19,21). The minimum atomic E-state index is -2.66. The summed E-state index contributed by atoms with van der Waals surface area (Å²) in [4.78, 5) is 23.2. The van der Waals surface area contributed by atoms with Crippen molar-refractivity contribution in [2.75, 3.05) is 11.9 Å². The van der Waals surface area contributed by atoms with Gasteiger partial charge in [0.05, 0.1) is 22.2 Å². The van der Waals surface area contributed by atoms with Crippen molar-refractivity contribution in [2.24, 2.45) is 0 Å². The summed E-state index contributed by atoms with van der Waals surface area (Å²) in [6, 6.07) is 4.00. The van der Waals surface area contributed by atoms with Gasteiger partial charge >= 0.3 is 6.03 Å². The van der Waals surface area contributed by atoms with Crippen LogP contribution in [0.25, 0.3) is 0 Å². The molecule has 1 aromatic carbocycles. The molecular weight excluding hydrogens is 336 g/mol.